The van der Waals surface area contributed by atoms with Crippen molar-refractivity contribution in [3.8, 4) is 0 Å². The van der Waals surface area contributed by atoms with E-state index in [1.165, 1.54) is 21.2 Å². The van der Waals surface area contributed by atoms with Gasteiger partial charge < -0.3 is 15.4 Å². The summed E-state index contributed by atoms with van der Waals surface area (Å²) in [6.45, 7) is 5.63. The summed E-state index contributed by atoms with van der Waals surface area (Å²) in [6, 6.07) is 5.59. The van der Waals surface area contributed by atoms with Crippen LogP contribution in [0.4, 0.5) is 0 Å². The van der Waals surface area contributed by atoms with E-state index in [0.29, 0.717) is 43.6 Å². The third-order valence-electron chi connectivity index (χ3n) is 3.98. The maximum absolute atomic E-state index is 12.7. The Morgan fingerprint density at radius 1 is 1.25 bits per heavy atom. The maximum atomic E-state index is 12.7. The Labute approximate surface area is 191 Å². The van der Waals surface area contributed by atoms with Crippen molar-refractivity contribution < 1.29 is 13.2 Å². The lowest BCUT2D eigenvalue weighted by atomic mass is 10.3. The molecule has 1 fully saturated rings. The zero-order valence-electron chi connectivity index (χ0n) is 15.6. The summed E-state index contributed by atoms with van der Waals surface area (Å²) in [5, 5.41) is 10.6. The molecule has 156 valence electrons. The number of morpholine rings is 1. The summed E-state index contributed by atoms with van der Waals surface area (Å²) in [7, 11) is -3.43. The monoisotopic (exact) mass is 556 g/mol. The number of sulfonamides is 1. The smallest absolute Gasteiger partial charge is 0.252 e. The van der Waals surface area contributed by atoms with Gasteiger partial charge in [-0.1, -0.05) is 0 Å². The molecule has 0 amide bonds. The van der Waals surface area contributed by atoms with Gasteiger partial charge in [-0.2, -0.15) is 15.6 Å². The second kappa shape index (κ2) is 11.5. The number of nitrogens with one attached hydrogen (secondary N) is 2. The topological polar surface area (TPSA) is 83.0 Å². The molecule has 0 radical (unpaired) electrons. The number of guanidine groups is 1. The second-order valence-corrected chi connectivity index (χ2v) is 10.0. The molecule has 1 aliphatic rings. The van der Waals surface area contributed by atoms with Crippen LogP contribution in [-0.2, 0) is 27.8 Å². The molecule has 2 aromatic rings. The van der Waals surface area contributed by atoms with E-state index in [0.717, 1.165) is 17.4 Å². The molecule has 2 aromatic heterocycles. The maximum Gasteiger partial charge on any atom is 0.252 e. The quantitative estimate of drug-likeness (QED) is 0.312. The van der Waals surface area contributed by atoms with E-state index in [-0.39, 0.29) is 24.0 Å². The van der Waals surface area contributed by atoms with E-state index in [1.807, 2.05) is 18.4 Å². The molecule has 0 unspecified atom stereocenters. The zero-order valence-corrected chi connectivity index (χ0v) is 20.4. The summed E-state index contributed by atoms with van der Waals surface area (Å²) < 4.78 is 32.5. The van der Waals surface area contributed by atoms with Gasteiger partial charge in [-0.05, 0) is 41.4 Å². The highest BCUT2D eigenvalue weighted by molar-refractivity contribution is 14.0. The van der Waals surface area contributed by atoms with Gasteiger partial charge in [0.05, 0.1) is 26.3 Å². The van der Waals surface area contributed by atoms with E-state index in [4.69, 9.17) is 4.74 Å². The average molecular weight is 557 g/mol. The second-order valence-electron chi connectivity index (χ2n) is 5.92. The van der Waals surface area contributed by atoms with E-state index in [9.17, 15) is 8.42 Å². The molecule has 0 aliphatic carbocycles. The summed E-state index contributed by atoms with van der Waals surface area (Å²) in [6.07, 6.45) is 0. The Morgan fingerprint density at radius 3 is 2.71 bits per heavy atom. The number of halogens is 1. The average Bonchev–Trinajstić information content (AvgIpc) is 3.37. The molecule has 0 atom stereocenters. The summed E-state index contributed by atoms with van der Waals surface area (Å²) in [5.74, 6) is 0.717. The van der Waals surface area contributed by atoms with Crippen LogP contribution < -0.4 is 10.6 Å². The molecule has 0 saturated carbocycles. The summed E-state index contributed by atoms with van der Waals surface area (Å²) in [4.78, 5) is 5.51. The molecule has 0 aromatic carbocycles. The molecule has 1 saturated heterocycles. The van der Waals surface area contributed by atoms with Gasteiger partial charge in [-0.3, -0.25) is 0 Å². The number of thiophene rings is 2. The van der Waals surface area contributed by atoms with Crippen LogP contribution in [0.5, 0.6) is 0 Å². The van der Waals surface area contributed by atoms with Crippen molar-refractivity contribution >= 4 is 62.6 Å². The normalized spacial score (nSPS) is 15.8. The SMILES string of the molecule is CCNC(=NCc1ccsc1)NCc1ccc(S(=O)(=O)N2CCOCC2)s1.I. The van der Waals surface area contributed by atoms with Crippen molar-refractivity contribution in [1.29, 1.82) is 0 Å². The van der Waals surface area contributed by atoms with Crippen molar-refractivity contribution in [3.05, 3.63) is 39.4 Å². The molecule has 3 rings (SSSR count). The highest BCUT2D eigenvalue weighted by Crippen LogP contribution is 2.25. The van der Waals surface area contributed by atoms with Crippen LogP contribution in [0.15, 0.2) is 38.2 Å². The Morgan fingerprint density at radius 2 is 2.04 bits per heavy atom. The Kier molecular flexibility index (Phi) is 9.63. The fraction of sp³-hybridized carbons (Fsp3) is 0.471. The van der Waals surface area contributed by atoms with Crippen molar-refractivity contribution in [1.82, 2.24) is 14.9 Å². The van der Waals surface area contributed by atoms with Crippen LogP contribution in [0.2, 0.25) is 0 Å². The molecule has 11 heteroatoms. The lowest BCUT2D eigenvalue weighted by Gasteiger charge is -2.25. The molecule has 0 bridgehead atoms. The first-order chi connectivity index (χ1) is 13.1. The first kappa shape index (κ1) is 23.5. The fourth-order valence-corrected chi connectivity index (χ4v) is 6.09. The van der Waals surface area contributed by atoms with Gasteiger partial charge >= 0.3 is 0 Å². The van der Waals surface area contributed by atoms with Gasteiger partial charge in [0.15, 0.2) is 5.96 Å². The fourth-order valence-electron chi connectivity index (χ4n) is 2.57. The molecule has 2 N–H and O–H groups in total. The molecular formula is C17H25IN4O3S3. The highest BCUT2D eigenvalue weighted by atomic mass is 127. The number of aliphatic imine (C=N–C) groups is 1. The Bertz CT molecular complexity index is 847. The van der Waals surface area contributed by atoms with Crippen LogP contribution in [0.3, 0.4) is 0 Å². The molecule has 3 heterocycles. The largest absolute Gasteiger partial charge is 0.379 e. The minimum atomic E-state index is -3.43. The van der Waals surface area contributed by atoms with Crippen LogP contribution in [0.1, 0.15) is 17.4 Å². The van der Waals surface area contributed by atoms with Crippen LogP contribution in [0, 0.1) is 0 Å². The predicted molar refractivity (Wildman–Crippen MR) is 125 cm³/mol. The van der Waals surface area contributed by atoms with Gasteiger partial charge in [-0.15, -0.1) is 35.3 Å². The minimum Gasteiger partial charge on any atom is -0.379 e. The first-order valence-corrected chi connectivity index (χ1v) is 12.0. The standard InChI is InChI=1S/C17H24N4O3S3.HI/c1-2-18-17(19-11-14-5-10-25-13-14)20-12-15-3-4-16(26-15)27(22,23)21-6-8-24-9-7-21;/h3-5,10,13H,2,6-9,11-12H2,1H3,(H2,18,19,20);1H. The molecule has 28 heavy (non-hydrogen) atoms. The van der Waals surface area contributed by atoms with Gasteiger partial charge in [0.25, 0.3) is 10.0 Å². The lowest BCUT2D eigenvalue weighted by molar-refractivity contribution is 0.0731. The highest BCUT2D eigenvalue weighted by Gasteiger charge is 2.27. The summed E-state index contributed by atoms with van der Waals surface area (Å²) in [5.41, 5.74) is 1.17. The molecule has 1 aliphatic heterocycles. The summed E-state index contributed by atoms with van der Waals surface area (Å²) >= 11 is 2.95. The van der Waals surface area contributed by atoms with Crippen molar-refractivity contribution in [2.45, 2.75) is 24.2 Å². The van der Waals surface area contributed by atoms with Gasteiger partial charge in [0, 0.05) is 24.5 Å². The van der Waals surface area contributed by atoms with E-state index in [1.54, 1.807) is 17.4 Å². The van der Waals surface area contributed by atoms with Crippen LogP contribution >= 0.6 is 46.7 Å². The number of ether oxygens (including phenoxy) is 1. The van der Waals surface area contributed by atoms with E-state index >= 15 is 0 Å². The third kappa shape index (κ3) is 6.39. The zero-order chi connectivity index (χ0) is 19.1. The first-order valence-electron chi connectivity index (χ1n) is 8.79. The van der Waals surface area contributed by atoms with Gasteiger partial charge in [0.1, 0.15) is 4.21 Å². The number of nitrogens with zero attached hydrogens (tertiary/aromatic N) is 2. The number of hydrogen-bond acceptors (Lipinski definition) is 6. The predicted octanol–water partition coefficient (Wildman–Crippen LogP) is 2.70. The number of hydrogen-bond donors (Lipinski definition) is 2. The van der Waals surface area contributed by atoms with Gasteiger partial charge in [0.2, 0.25) is 0 Å². The van der Waals surface area contributed by atoms with E-state index < -0.39 is 10.0 Å². The van der Waals surface area contributed by atoms with Crippen LogP contribution in [0.25, 0.3) is 0 Å². The number of rotatable bonds is 7. The molecule has 0 spiro atoms. The lowest BCUT2D eigenvalue weighted by Crippen LogP contribution is -2.40. The van der Waals surface area contributed by atoms with Crippen LogP contribution in [-0.4, -0.2) is 51.5 Å². The minimum absolute atomic E-state index is 0. The Balaban J connectivity index is 0.00000280. The molecule has 7 nitrogen and oxygen atoms in total. The van der Waals surface area contributed by atoms with E-state index in [2.05, 4.69) is 27.1 Å². The third-order valence-corrected chi connectivity index (χ3v) is 8.16. The van der Waals surface area contributed by atoms with Crippen molar-refractivity contribution in [2.75, 3.05) is 32.8 Å². The van der Waals surface area contributed by atoms with Gasteiger partial charge in [-0.25, -0.2) is 13.4 Å². The van der Waals surface area contributed by atoms with Crippen molar-refractivity contribution in [2.24, 2.45) is 4.99 Å². The Hall–Kier alpha value is -0.730. The van der Waals surface area contributed by atoms with Crippen molar-refractivity contribution in [3.63, 3.8) is 0 Å². The molecular weight excluding hydrogens is 531 g/mol.